The van der Waals surface area contributed by atoms with E-state index in [1.807, 2.05) is 59.7 Å². The molecule has 3 aromatic rings. The molecule has 152 valence electrons. The van der Waals surface area contributed by atoms with Crippen molar-refractivity contribution in [3.63, 3.8) is 0 Å². The van der Waals surface area contributed by atoms with Gasteiger partial charge in [-0.3, -0.25) is 9.36 Å². The van der Waals surface area contributed by atoms with Crippen LogP contribution in [-0.4, -0.2) is 43.9 Å². The van der Waals surface area contributed by atoms with Crippen molar-refractivity contribution >= 4 is 29.0 Å². The normalized spacial score (nSPS) is 20.6. The van der Waals surface area contributed by atoms with Crippen LogP contribution in [0, 0.1) is 11.8 Å². The van der Waals surface area contributed by atoms with Gasteiger partial charge >= 0.3 is 0 Å². The van der Waals surface area contributed by atoms with E-state index in [1.165, 1.54) is 18.2 Å². The van der Waals surface area contributed by atoms with Crippen molar-refractivity contribution in [2.45, 2.75) is 37.6 Å². The minimum Gasteiger partial charge on any atom is -0.341 e. The molecule has 5 nitrogen and oxygen atoms in total. The quantitative estimate of drug-likeness (QED) is 0.540. The first-order chi connectivity index (χ1) is 14.0. The standard InChI is InChI=1S/C22H26N4OS2/c1-15-12-16(2)14-25(13-15)21(27)17(3)29-22-24-23-20(19-10-7-11-28-19)26(22)18-8-5-4-6-9-18/h4-11,15-17H,12-14H2,1-3H3. The molecule has 3 atom stereocenters. The molecule has 0 spiro atoms. The SMILES string of the molecule is CC1CC(C)CN(C(=O)C(C)Sc2nnc(-c3cccs3)n2-c2ccccc2)C1. The summed E-state index contributed by atoms with van der Waals surface area (Å²) in [5, 5.41) is 11.5. The van der Waals surface area contributed by atoms with Gasteiger partial charge < -0.3 is 4.90 Å². The Labute approximate surface area is 180 Å². The zero-order chi connectivity index (χ0) is 20.4. The number of rotatable bonds is 5. The fraction of sp³-hybridized carbons (Fsp3) is 0.409. The van der Waals surface area contributed by atoms with E-state index < -0.39 is 0 Å². The van der Waals surface area contributed by atoms with Crippen LogP contribution in [0.1, 0.15) is 27.2 Å². The van der Waals surface area contributed by atoms with Crippen molar-refractivity contribution in [2.75, 3.05) is 13.1 Å². The second-order valence-corrected chi connectivity index (χ2v) is 10.2. The Morgan fingerprint density at radius 2 is 1.83 bits per heavy atom. The number of thiophene rings is 1. The molecule has 4 rings (SSSR count). The van der Waals surface area contributed by atoms with E-state index in [0.717, 1.165) is 34.6 Å². The van der Waals surface area contributed by atoms with Crippen LogP contribution in [0.25, 0.3) is 16.4 Å². The van der Waals surface area contributed by atoms with Gasteiger partial charge in [0.1, 0.15) is 0 Å². The van der Waals surface area contributed by atoms with Gasteiger partial charge in [0.25, 0.3) is 0 Å². The number of aromatic nitrogens is 3. The van der Waals surface area contributed by atoms with Crippen molar-refractivity contribution in [3.05, 3.63) is 47.8 Å². The predicted molar refractivity (Wildman–Crippen MR) is 120 cm³/mol. The minimum atomic E-state index is -0.213. The van der Waals surface area contributed by atoms with Gasteiger partial charge in [0.05, 0.1) is 10.1 Å². The van der Waals surface area contributed by atoms with E-state index >= 15 is 0 Å². The van der Waals surface area contributed by atoms with Crippen LogP contribution >= 0.6 is 23.1 Å². The highest BCUT2D eigenvalue weighted by Gasteiger charge is 2.30. The molecule has 2 aromatic heterocycles. The van der Waals surface area contributed by atoms with Gasteiger partial charge in [-0.25, -0.2) is 0 Å². The summed E-state index contributed by atoms with van der Waals surface area (Å²) in [6.45, 7) is 8.13. The fourth-order valence-corrected chi connectivity index (χ4v) is 5.68. The lowest BCUT2D eigenvalue weighted by Gasteiger charge is -2.36. The number of hydrogen-bond acceptors (Lipinski definition) is 5. The predicted octanol–water partition coefficient (Wildman–Crippen LogP) is 4.98. The van der Waals surface area contributed by atoms with E-state index in [9.17, 15) is 4.79 Å². The summed E-state index contributed by atoms with van der Waals surface area (Å²) < 4.78 is 2.06. The van der Waals surface area contributed by atoms with Gasteiger partial charge in [-0.05, 0) is 48.8 Å². The molecule has 1 aromatic carbocycles. The van der Waals surface area contributed by atoms with Crippen molar-refractivity contribution in [1.82, 2.24) is 19.7 Å². The van der Waals surface area contributed by atoms with Gasteiger partial charge in [-0.1, -0.05) is 49.9 Å². The number of thioether (sulfide) groups is 1. The summed E-state index contributed by atoms with van der Waals surface area (Å²) in [6.07, 6.45) is 1.19. The maximum atomic E-state index is 13.1. The summed E-state index contributed by atoms with van der Waals surface area (Å²) in [4.78, 5) is 16.2. The first-order valence-corrected chi connectivity index (χ1v) is 11.8. The number of amides is 1. The molecule has 0 saturated carbocycles. The molecule has 0 radical (unpaired) electrons. The van der Waals surface area contributed by atoms with Crippen LogP contribution < -0.4 is 0 Å². The Balaban J connectivity index is 1.61. The molecule has 3 unspecified atom stereocenters. The summed E-state index contributed by atoms with van der Waals surface area (Å²) in [5.74, 6) is 2.11. The molecule has 1 aliphatic heterocycles. The van der Waals surface area contributed by atoms with Gasteiger partial charge in [0.2, 0.25) is 5.91 Å². The van der Waals surface area contributed by atoms with E-state index in [2.05, 4.69) is 28.6 Å². The lowest BCUT2D eigenvalue weighted by molar-refractivity contribution is -0.132. The minimum absolute atomic E-state index is 0.189. The maximum Gasteiger partial charge on any atom is 0.235 e. The third-order valence-corrected chi connectivity index (χ3v) is 7.10. The summed E-state index contributed by atoms with van der Waals surface area (Å²) >= 11 is 3.13. The van der Waals surface area contributed by atoms with Gasteiger partial charge in [0, 0.05) is 18.8 Å². The lowest BCUT2D eigenvalue weighted by Crippen LogP contribution is -2.45. The average molecular weight is 427 g/mol. The van der Waals surface area contributed by atoms with Crippen LogP contribution in [0.4, 0.5) is 0 Å². The number of piperidine rings is 1. The average Bonchev–Trinajstić information content (AvgIpc) is 3.37. The molecule has 1 fully saturated rings. The third-order valence-electron chi connectivity index (χ3n) is 5.20. The highest BCUT2D eigenvalue weighted by molar-refractivity contribution is 8.00. The topological polar surface area (TPSA) is 51.0 Å². The number of para-hydroxylation sites is 1. The summed E-state index contributed by atoms with van der Waals surface area (Å²) in [7, 11) is 0. The molecule has 7 heteroatoms. The van der Waals surface area contributed by atoms with Gasteiger partial charge in [0.15, 0.2) is 11.0 Å². The van der Waals surface area contributed by atoms with Gasteiger partial charge in [-0.2, -0.15) is 0 Å². The van der Waals surface area contributed by atoms with E-state index in [1.54, 1.807) is 11.3 Å². The highest BCUT2D eigenvalue weighted by atomic mass is 32.2. The number of carbonyl (C=O) groups excluding carboxylic acids is 1. The third kappa shape index (κ3) is 4.41. The Hall–Kier alpha value is -2.12. The van der Waals surface area contributed by atoms with Crippen molar-refractivity contribution in [1.29, 1.82) is 0 Å². The molecule has 1 saturated heterocycles. The largest absolute Gasteiger partial charge is 0.341 e. The first kappa shape index (κ1) is 20.2. The molecule has 29 heavy (non-hydrogen) atoms. The molecule has 0 bridgehead atoms. The van der Waals surface area contributed by atoms with Gasteiger partial charge in [-0.15, -0.1) is 21.5 Å². The summed E-state index contributed by atoms with van der Waals surface area (Å²) in [6, 6.07) is 14.2. The number of benzene rings is 1. The number of nitrogens with zero attached hydrogens (tertiary/aromatic N) is 4. The van der Waals surface area contributed by atoms with Crippen LogP contribution in [0.5, 0.6) is 0 Å². The van der Waals surface area contributed by atoms with E-state index in [0.29, 0.717) is 11.8 Å². The Bertz CT molecular complexity index is 945. The Kier molecular flexibility index (Phi) is 6.06. The first-order valence-electron chi connectivity index (χ1n) is 10.0. The van der Waals surface area contributed by atoms with Crippen molar-refractivity contribution in [3.8, 4) is 16.4 Å². The monoisotopic (exact) mass is 426 g/mol. The number of carbonyl (C=O) groups is 1. The second kappa shape index (κ2) is 8.71. The highest BCUT2D eigenvalue weighted by Crippen LogP contribution is 2.33. The molecule has 0 N–H and O–H groups in total. The van der Waals surface area contributed by atoms with Crippen molar-refractivity contribution in [2.24, 2.45) is 11.8 Å². The Morgan fingerprint density at radius 1 is 1.10 bits per heavy atom. The fourth-order valence-electron chi connectivity index (χ4n) is 4.03. The number of hydrogen-bond donors (Lipinski definition) is 0. The molecular weight excluding hydrogens is 400 g/mol. The van der Waals surface area contributed by atoms with Crippen LogP contribution in [0.2, 0.25) is 0 Å². The Morgan fingerprint density at radius 3 is 2.48 bits per heavy atom. The lowest BCUT2D eigenvalue weighted by atomic mass is 9.92. The molecule has 3 heterocycles. The molecular formula is C22H26N4OS2. The van der Waals surface area contributed by atoms with Crippen molar-refractivity contribution < 1.29 is 4.79 Å². The molecule has 1 aliphatic rings. The maximum absolute atomic E-state index is 13.1. The smallest absolute Gasteiger partial charge is 0.235 e. The molecule has 0 aliphatic carbocycles. The van der Waals surface area contributed by atoms with E-state index in [4.69, 9.17) is 0 Å². The zero-order valence-corrected chi connectivity index (χ0v) is 18.6. The van der Waals surface area contributed by atoms with Crippen LogP contribution in [-0.2, 0) is 4.79 Å². The van der Waals surface area contributed by atoms with Crippen LogP contribution in [0.3, 0.4) is 0 Å². The second-order valence-electron chi connectivity index (χ2n) is 7.90. The molecule has 1 amide bonds. The van der Waals surface area contributed by atoms with Crippen LogP contribution in [0.15, 0.2) is 53.0 Å². The van der Waals surface area contributed by atoms with E-state index in [-0.39, 0.29) is 11.2 Å². The summed E-state index contributed by atoms with van der Waals surface area (Å²) in [5.41, 5.74) is 1.00. The number of likely N-dealkylation sites (tertiary alicyclic amines) is 1. The zero-order valence-electron chi connectivity index (χ0n) is 17.0.